The lowest BCUT2D eigenvalue weighted by Gasteiger charge is -2.41. The number of hydrogen-bond acceptors (Lipinski definition) is 3. The Balaban J connectivity index is 1.53. The van der Waals surface area contributed by atoms with Gasteiger partial charge in [-0.05, 0) is 75.9 Å². The van der Waals surface area contributed by atoms with Crippen LogP contribution in [-0.2, 0) is 10.0 Å². The summed E-state index contributed by atoms with van der Waals surface area (Å²) in [5, 5.41) is 0. The van der Waals surface area contributed by atoms with Gasteiger partial charge in [-0.15, -0.1) is 11.8 Å². The molecule has 26 heavy (non-hydrogen) atoms. The number of nitrogens with zero attached hydrogens (tertiary/aromatic N) is 2. The average molecular weight is 439 g/mol. The van der Waals surface area contributed by atoms with Gasteiger partial charge in [0.25, 0.3) is 0 Å². The minimum absolute atomic E-state index is 0.386. The van der Waals surface area contributed by atoms with E-state index in [9.17, 15) is 8.42 Å². The Bertz CT molecular complexity index is 751. The summed E-state index contributed by atoms with van der Waals surface area (Å²) in [4.78, 5) is 2.96. The highest BCUT2D eigenvalue weighted by atomic mass is 79.9. The molecule has 2 aliphatic heterocycles. The molecular weight excluding hydrogens is 412 g/mol. The van der Waals surface area contributed by atoms with Gasteiger partial charge >= 0.3 is 0 Å². The topological polar surface area (TPSA) is 40.6 Å². The molecule has 1 aromatic carbocycles. The highest BCUT2D eigenvalue weighted by molar-refractivity contribution is 9.10. The van der Waals surface area contributed by atoms with Crippen molar-refractivity contribution in [2.24, 2.45) is 5.92 Å². The Morgan fingerprint density at radius 1 is 1.04 bits per heavy atom. The van der Waals surface area contributed by atoms with Crippen molar-refractivity contribution in [3.8, 4) is 11.8 Å². The third-order valence-electron chi connectivity index (χ3n) is 5.61. The molecule has 0 saturated carbocycles. The maximum atomic E-state index is 12.8. The molecule has 142 valence electrons. The molecule has 0 radical (unpaired) electrons. The molecule has 2 aliphatic rings. The molecule has 0 atom stereocenters. The van der Waals surface area contributed by atoms with E-state index in [1.807, 2.05) is 6.92 Å². The zero-order chi connectivity index (χ0) is 18.6. The first kappa shape index (κ1) is 19.9. The molecule has 1 aromatic rings. The summed E-state index contributed by atoms with van der Waals surface area (Å²) in [6.07, 6.45) is 5.30. The fourth-order valence-electron chi connectivity index (χ4n) is 3.97. The number of benzene rings is 1. The Morgan fingerprint density at radius 2 is 1.65 bits per heavy atom. The molecule has 6 heteroatoms. The van der Waals surface area contributed by atoms with E-state index in [-0.39, 0.29) is 0 Å². The summed E-state index contributed by atoms with van der Waals surface area (Å²) < 4.78 is 28.2. The van der Waals surface area contributed by atoms with Gasteiger partial charge in [0, 0.05) is 30.0 Å². The summed E-state index contributed by atoms with van der Waals surface area (Å²) >= 11 is 3.36. The third-order valence-corrected chi connectivity index (χ3v) is 8.05. The van der Waals surface area contributed by atoms with Crippen molar-refractivity contribution in [3.63, 3.8) is 0 Å². The van der Waals surface area contributed by atoms with Gasteiger partial charge in [-0.25, -0.2) is 8.42 Å². The van der Waals surface area contributed by atoms with Crippen LogP contribution < -0.4 is 0 Å². The van der Waals surface area contributed by atoms with E-state index in [2.05, 4.69) is 32.7 Å². The first-order valence-corrected chi connectivity index (χ1v) is 11.6. The van der Waals surface area contributed by atoms with Crippen LogP contribution in [0.3, 0.4) is 0 Å². The average Bonchev–Trinajstić information content (AvgIpc) is 2.67. The molecular formula is C20H27BrN2O2S. The van der Waals surface area contributed by atoms with Gasteiger partial charge in [-0.1, -0.05) is 15.9 Å². The lowest BCUT2D eigenvalue weighted by Crippen LogP contribution is -2.48. The molecule has 2 saturated heterocycles. The van der Waals surface area contributed by atoms with E-state index in [1.54, 1.807) is 28.6 Å². The monoisotopic (exact) mass is 438 g/mol. The Kier molecular flexibility index (Phi) is 6.79. The van der Waals surface area contributed by atoms with Gasteiger partial charge in [0.15, 0.2) is 0 Å². The number of rotatable bonds is 4. The van der Waals surface area contributed by atoms with Crippen LogP contribution >= 0.6 is 15.9 Å². The Hall–Kier alpha value is -0.870. The number of piperidine rings is 2. The third kappa shape index (κ3) is 4.69. The predicted octanol–water partition coefficient (Wildman–Crippen LogP) is 3.73. The van der Waals surface area contributed by atoms with Crippen molar-refractivity contribution in [2.45, 2.75) is 50.0 Å². The summed E-state index contributed by atoms with van der Waals surface area (Å²) in [5.74, 6) is 6.94. The van der Waals surface area contributed by atoms with Gasteiger partial charge in [0.05, 0.1) is 4.90 Å². The van der Waals surface area contributed by atoms with Crippen molar-refractivity contribution >= 4 is 26.0 Å². The van der Waals surface area contributed by atoms with E-state index in [4.69, 9.17) is 0 Å². The number of halogens is 1. The second kappa shape index (κ2) is 8.88. The van der Waals surface area contributed by atoms with Gasteiger partial charge < -0.3 is 4.90 Å². The molecule has 0 aliphatic carbocycles. The van der Waals surface area contributed by atoms with Crippen LogP contribution in [0.15, 0.2) is 33.6 Å². The normalized spacial score (nSPS) is 21.3. The summed E-state index contributed by atoms with van der Waals surface area (Å²) in [6, 6.07) is 7.44. The number of sulfonamides is 1. The van der Waals surface area contributed by atoms with Crippen molar-refractivity contribution in [1.29, 1.82) is 0 Å². The van der Waals surface area contributed by atoms with Crippen LogP contribution in [0, 0.1) is 17.8 Å². The molecule has 0 amide bonds. The number of likely N-dealkylation sites (tertiary alicyclic amines) is 1. The van der Waals surface area contributed by atoms with E-state index in [0.29, 0.717) is 24.0 Å². The predicted molar refractivity (Wildman–Crippen MR) is 108 cm³/mol. The van der Waals surface area contributed by atoms with E-state index in [0.717, 1.165) is 42.7 Å². The molecule has 2 heterocycles. The van der Waals surface area contributed by atoms with Crippen LogP contribution in [-0.4, -0.2) is 49.8 Å². The maximum Gasteiger partial charge on any atom is 0.243 e. The first-order valence-electron chi connectivity index (χ1n) is 9.40. The van der Waals surface area contributed by atoms with Gasteiger partial charge in [-0.3, -0.25) is 0 Å². The molecule has 0 bridgehead atoms. The Morgan fingerprint density at radius 3 is 2.23 bits per heavy atom. The van der Waals surface area contributed by atoms with E-state index >= 15 is 0 Å². The SMILES string of the molecule is CC#CCC1CCN(C2CCN(S(=O)(=O)c3ccc(Br)cc3)CC2)CC1. The Labute approximate surface area is 166 Å². The van der Waals surface area contributed by atoms with Gasteiger partial charge in [0.2, 0.25) is 10.0 Å². The second-order valence-electron chi connectivity index (χ2n) is 7.20. The van der Waals surface area contributed by atoms with Crippen LogP contribution in [0.4, 0.5) is 0 Å². The molecule has 0 unspecified atom stereocenters. The summed E-state index contributed by atoms with van der Waals surface area (Å²) in [6.45, 7) is 5.39. The zero-order valence-corrected chi connectivity index (χ0v) is 17.7. The quantitative estimate of drug-likeness (QED) is 0.672. The number of hydrogen-bond donors (Lipinski definition) is 0. The second-order valence-corrected chi connectivity index (χ2v) is 10.1. The molecule has 3 rings (SSSR count). The minimum Gasteiger partial charge on any atom is -0.300 e. The lowest BCUT2D eigenvalue weighted by atomic mass is 9.91. The smallest absolute Gasteiger partial charge is 0.243 e. The zero-order valence-electron chi connectivity index (χ0n) is 15.3. The highest BCUT2D eigenvalue weighted by Crippen LogP contribution is 2.28. The highest BCUT2D eigenvalue weighted by Gasteiger charge is 2.32. The summed E-state index contributed by atoms with van der Waals surface area (Å²) in [5.41, 5.74) is 0. The standard InChI is InChI=1S/C20H27BrN2O2S/c1-2-3-4-17-9-13-22(14-10-17)19-11-15-23(16-12-19)26(24,25)20-7-5-18(21)6-8-20/h5-8,17,19H,4,9-16H2,1H3. The maximum absolute atomic E-state index is 12.8. The molecule has 0 spiro atoms. The van der Waals surface area contributed by atoms with Crippen molar-refractivity contribution in [3.05, 3.63) is 28.7 Å². The van der Waals surface area contributed by atoms with Crippen LogP contribution in [0.1, 0.15) is 39.0 Å². The lowest BCUT2D eigenvalue weighted by molar-refractivity contribution is 0.0980. The van der Waals surface area contributed by atoms with Gasteiger partial charge in [-0.2, -0.15) is 4.31 Å². The molecule has 0 N–H and O–H groups in total. The van der Waals surface area contributed by atoms with Crippen molar-refractivity contribution < 1.29 is 8.42 Å². The fraction of sp³-hybridized carbons (Fsp3) is 0.600. The minimum atomic E-state index is -3.37. The summed E-state index contributed by atoms with van der Waals surface area (Å²) in [7, 11) is -3.37. The first-order chi connectivity index (χ1) is 12.5. The fourth-order valence-corrected chi connectivity index (χ4v) is 5.71. The van der Waals surface area contributed by atoms with E-state index < -0.39 is 10.0 Å². The van der Waals surface area contributed by atoms with Crippen molar-refractivity contribution in [2.75, 3.05) is 26.2 Å². The molecule has 2 fully saturated rings. The molecule has 4 nitrogen and oxygen atoms in total. The van der Waals surface area contributed by atoms with Crippen LogP contribution in [0.5, 0.6) is 0 Å². The van der Waals surface area contributed by atoms with Crippen LogP contribution in [0.25, 0.3) is 0 Å². The molecule has 0 aromatic heterocycles. The van der Waals surface area contributed by atoms with Crippen LogP contribution in [0.2, 0.25) is 0 Å². The van der Waals surface area contributed by atoms with E-state index in [1.165, 1.54) is 12.8 Å². The largest absolute Gasteiger partial charge is 0.300 e. The van der Waals surface area contributed by atoms with Gasteiger partial charge in [0.1, 0.15) is 0 Å². The van der Waals surface area contributed by atoms with Crippen molar-refractivity contribution in [1.82, 2.24) is 9.21 Å².